The predicted molar refractivity (Wildman–Crippen MR) is 104 cm³/mol. The van der Waals surface area contributed by atoms with Gasteiger partial charge >= 0.3 is 0 Å². The second-order valence-corrected chi connectivity index (χ2v) is 8.31. The van der Waals surface area contributed by atoms with Gasteiger partial charge in [-0.05, 0) is 33.6 Å². The number of rotatable bonds is 14. The van der Waals surface area contributed by atoms with Gasteiger partial charge in [0.05, 0.1) is 36.3 Å². The summed E-state index contributed by atoms with van der Waals surface area (Å²) in [5.41, 5.74) is 0. The summed E-state index contributed by atoms with van der Waals surface area (Å²) in [6, 6.07) is 0. The lowest BCUT2D eigenvalue weighted by Crippen LogP contribution is -2.48. The first-order valence-electron chi connectivity index (χ1n) is 10.0. The highest BCUT2D eigenvalue weighted by molar-refractivity contribution is 7.84. The van der Waals surface area contributed by atoms with Crippen LogP contribution >= 0.6 is 0 Å². The van der Waals surface area contributed by atoms with Crippen LogP contribution in [0.4, 0.5) is 0 Å². The minimum Gasteiger partial charge on any atom is -0.748 e. The van der Waals surface area contributed by atoms with Gasteiger partial charge in [0, 0.05) is 6.26 Å². The van der Waals surface area contributed by atoms with Crippen molar-refractivity contribution < 1.29 is 17.5 Å². The number of hydrogen-bond donors (Lipinski definition) is 0. The Hall–Kier alpha value is -0.130. The Morgan fingerprint density at radius 1 is 0.667 bits per heavy atom. The van der Waals surface area contributed by atoms with Gasteiger partial charge in [0.2, 0.25) is 0 Å². The minimum atomic E-state index is -3.92. The maximum Gasteiger partial charge on any atom is 0.0916 e. The van der Waals surface area contributed by atoms with E-state index in [0.717, 1.165) is 0 Å². The van der Waals surface area contributed by atoms with Gasteiger partial charge in [-0.3, -0.25) is 0 Å². The molecule has 0 atom stereocenters. The van der Waals surface area contributed by atoms with Crippen LogP contribution in [-0.4, -0.2) is 49.9 Å². The molecule has 0 spiro atoms. The van der Waals surface area contributed by atoms with Crippen LogP contribution in [0.5, 0.6) is 0 Å². The van der Waals surface area contributed by atoms with Gasteiger partial charge in [0.15, 0.2) is 0 Å². The van der Waals surface area contributed by atoms with Crippen molar-refractivity contribution >= 4 is 10.1 Å². The van der Waals surface area contributed by atoms with Gasteiger partial charge in [0.1, 0.15) is 0 Å². The Morgan fingerprint density at radius 3 is 1.25 bits per heavy atom. The molecule has 0 unspecified atom stereocenters. The van der Waals surface area contributed by atoms with Gasteiger partial charge < -0.3 is 9.04 Å². The Balaban J connectivity index is 0. The molecule has 0 aliphatic heterocycles. The average molecular weight is 366 g/mol. The molecule has 0 aliphatic rings. The van der Waals surface area contributed by atoms with Crippen molar-refractivity contribution in [2.45, 2.75) is 91.9 Å². The van der Waals surface area contributed by atoms with Crippen molar-refractivity contribution in [3.8, 4) is 0 Å². The second-order valence-electron chi connectivity index (χ2n) is 6.90. The van der Waals surface area contributed by atoms with Crippen LogP contribution in [0.15, 0.2) is 0 Å². The van der Waals surface area contributed by atoms with Gasteiger partial charge in [-0.15, -0.1) is 0 Å². The third-order valence-electron chi connectivity index (χ3n) is 5.00. The molecule has 0 saturated heterocycles. The van der Waals surface area contributed by atoms with Crippen molar-refractivity contribution in [1.82, 2.24) is 0 Å². The van der Waals surface area contributed by atoms with Crippen LogP contribution in [-0.2, 0) is 10.1 Å². The minimum absolute atomic E-state index is 0.604. The first-order chi connectivity index (χ1) is 11.2. The van der Waals surface area contributed by atoms with E-state index in [1.54, 1.807) is 0 Å². The number of unbranched alkanes of at least 4 members (excludes halogenated alkanes) is 9. The smallest absolute Gasteiger partial charge is 0.0916 e. The van der Waals surface area contributed by atoms with E-state index in [1.165, 1.54) is 94.9 Å². The summed E-state index contributed by atoms with van der Waals surface area (Å²) in [7, 11) is -3.92. The van der Waals surface area contributed by atoms with Crippen LogP contribution in [0.1, 0.15) is 91.9 Å². The molecule has 5 heteroatoms. The third-order valence-corrected chi connectivity index (χ3v) is 5.00. The molecule has 0 aromatic carbocycles. The normalized spacial score (nSPS) is 11.9. The molecule has 0 aliphatic carbocycles. The first kappa shape index (κ1) is 26.1. The summed E-state index contributed by atoms with van der Waals surface area (Å²) < 4.78 is 28.6. The molecular formula is C19H43NO3S. The second kappa shape index (κ2) is 16.3. The monoisotopic (exact) mass is 365 g/mol. The van der Waals surface area contributed by atoms with Crippen LogP contribution in [0, 0.1) is 0 Å². The Labute approximate surface area is 152 Å². The van der Waals surface area contributed by atoms with Gasteiger partial charge in [-0.25, -0.2) is 8.42 Å². The van der Waals surface area contributed by atoms with Crippen molar-refractivity contribution in [2.75, 3.05) is 32.4 Å². The summed E-state index contributed by atoms with van der Waals surface area (Å²) in [4.78, 5) is 0. The Morgan fingerprint density at radius 2 is 0.958 bits per heavy atom. The average Bonchev–Trinajstić information content (AvgIpc) is 2.52. The Bertz CT molecular complexity index is 335. The highest BCUT2D eigenvalue weighted by atomic mass is 32.2. The lowest BCUT2D eigenvalue weighted by Gasteiger charge is -2.35. The molecule has 0 radical (unpaired) electrons. The zero-order chi connectivity index (χ0) is 18.9. The van der Waals surface area contributed by atoms with Gasteiger partial charge in [0.25, 0.3) is 0 Å². The molecule has 0 N–H and O–H groups in total. The molecular weight excluding hydrogens is 322 g/mol. The SMILES string of the molecule is CCCCCCCCCCCC[N+](CC)(CC)CC.CS(=O)(=O)[O-]. The van der Waals surface area contributed by atoms with Crippen molar-refractivity contribution in [3.63, 3.8) is 0 Å². The van der Waals surface area contributed by atoms with E-state index in [-0.39, 0.29) is 0 Å². The first-order valence-corrected chi connectivity index (χ1v) is 11.8. The fourth-order valence-corrected chi connectivity index (χ4v) is 3.08. The molecule has 4 nitrogen and oxygen atoms in total. The molecule has 0 aromatic heterocycles. The molecule has 0 fully saturated rings. The molecule has 0 amide bonds. The predicted octanol–water partition coefficient (Wildman–Crippen LogP) is 4.95. The summed E-state index contributed by atoms with van der Waals surface area (Å²) >= 11 is 0. The third kappa shape index (κ3) is 19.9. The quantitative estimate of drug-likeness (QED) is 0.249. The summed E-state index contributed by atoms with van der Waals surface area (Å²) in [6.45, 7) is 14.7. The highest BCUT2D eigenvalue weighted by Gasteiger charge is 2.19. The number of hydrogen-bond acceptors (Lipinski definition) is 3. The van der Waals surface area contributed by atoms with E-state index in [9.17, 15) is 0 Å². The largest absolute Gasteiger partial charge is 0.748 e. The van der Waals surface area contributed by atoms with E-state index in [1.807, 2.05) is 0 Å². The zero-order valence-electron chi connectivity index (χ0n) is 17.0. The van der Waals surface area contributed by atoms with E-state index in [0.29, 0.717) is 6.26 Å². The molecule has 24 heavy (non-hydrogen) atoms. The fourth-order valence-electron chi connectivity index (χ4n) is 3.08. The molecule has 0 bridgehead atoms. The lowest BCUT2D eigenvalue weighted by molar-refractivity contribution is -0.923. The molecule has 0 rings (SSSR count). The zero-order valence-corrected chi connectivity index (χ0v) is 17.8. The van der Waals surface area contributed by atoms with Crippen LogP contribution < -0.4 is 0 Å². The number of nitrogens with zero attached hydrogens (tertiary/aromatic N) is 1. The van der Waals surface area contributed by atoms with Crippen molar-refractivity contribution in [2.24, 2.45) is 0 Å². The highest BCUT2D eigenvalue weighted by Crippen LogP contribution is 2.13. The molecule has 0 heterocycles. The maximum atomic E-state index is 9.08. The van der Waals surface area contributed by atoms with Crippen molar-refractivity contribution in [3.05, 3.63) is 0 Å². The standard InChI is InChI=1S/C18H40N.CH4O3S/c1-5-9-10-11-12-13-14-15-16-17-18-19(6-2,7-3)8-4;1-5(2,3)4/h5-18H2,1-4H3;1H3,(H,2,3,4)/q+1;/p-1. The topological polar surface area (TPSA) is 57.2 Å². The van der Waals surface area contributed by atoms with Gasteiger partial charge in [-0.1, -0.05) is 58.3 Å². The lowest BCUT2D eigenvalue weighted by atomic mass is 10.1. The maximum absolute atomic E-state index is 9.08. The van der Waals surface area contributed by atoms with E-state index >= 15 is 0 Å². The summed E-state index contributed by atoms with van der Waals surface area (Å²) in [5, 5.41) is 0. The molecule has 0 aromatic rings. The Kier molecular flexibility index (Phi) is 17.8. The van der Waals surface area contributed by atoms with E-state index in [2.05, 4.69) is 27.7 Å². The van der Waals surface area contributed by atoms with Crippen molar-refractivity contribution in [1.29, 1.82) is 0 Å². The van der Waals surface area contributed by atoms with Gasteiger partial charge in [-0.2, -0.15) is 0 Å². The van der Waals surface area contributed by atoms with E-state index in [4.69, 9.17) is 13.0 Å². The summed E-state index contributed by atoms with van der Waals surface area (Å²) in [6.07, 6.45) is 15.1. The van der Waals surface area contributed by atoms with Crippen LogP contribution in [0.2, 0.25) is 0 Å². The number of quaternary nitrogens is 1. The fraction of sp³-hybridized carbons (Fsp3) is 1.00. The molecule has 148 valence electrons. The van der Waals surface area contributed by atoms with Crippen LogP contribution in [0.25, 0.3) is 0 Å². The molecule has 0 saturated carbocycles. The van der Waals surface area contributed by atoms with Crippen LogP contribution in [0.3, 0.4) is 0 Å². The summed E-state index contributed by atoms with van der Waals surface area (Å²) in [5.74, 6) is 0. The van der Waals surface area contributed by atoms with E-state index < -0.39 is 10.1 Å².